The van der Waals surface area contributed by atoms with Crippen LogP contribution in [0.25, 0.3) is 0 Å². The Hall–Kier alpha value is -1.54. The van der Waals surface area contributed by atoms with E-state index in [2.05, 4.69) is 11.3 Å². The van der Waals surface area contributed by atoms with Crippen molar-refractivity contribution in [2.75, 3.05) is 31.8 Å². The van der Waals surface area contributed by atoms with Gasteiger partial charge in [0.1, 0.15) is 19.3 Å². The van der Waals surface area contributed by atoms with Crippen LogP contribution in [0.4, 0.5) is 0 Å². The number of ether oxygens (including phenoxy) is 3. The van der Waals surface area contributed by atoms with Crippen molar-refractivity contribution >= 4 is 29.7 Å². The number of aliphatic hydroxyl groups is 1. The van der Waals surface area contributed by atoms with Crippen molar-refractivity contribution in [3.63, 3.8) is 0 Å². The number of hydrogen-bond acceptors (Lipinski definition) is 8. The van der Waals surface area contributed by atoms with Crippen LogP contribution in [-0.4, -0.2) is 60.9 Å². The first-order chi connectivity index (χ1) is 9.86. The van der Waals surface area contributed by atoms with Crippen LogP contribution in [0.5, 0.6) is 0 Å². The summed E-state index contributed by atoms with van der Waals surface area (Å²) in [5.41, 5.74) is 0.223. The molecule has 0 radical (unpaired) electrons. The van der Waals surface area contributed by atoms with E-state index < -0.39 is 18.0 Å². The fourth-order valence-electron chi connectivity index (χ4n) is 0.987. The highest BCUT2D eigenvalue weighted by atomic mass is 32.2. The molecule has 8 heteroatoms. The molecule has 0 aliphatic heterocycles. The molecular formula is C13H20O7S. The van der Waals surface area contributed by atoms with Gasteiger partial charge >= 0.3 is 17.9 Å². The second kappa shape index (κ2) is 11.2. The zero-order valence-electron chi connectivity index (χ0n) is 12.1. The van der Waals surface area contributed by atoms with E-state index in [0.717, 1.165) is 0 Å². The van der Waals surface area contributed by atoms with Crippen molar-refractivity contribution in [2.45, 2.75) is 19.4 Å². The van der Waals surface area contributed by atoms with Gasteiger partial charge in [-0.3, -0.25) is 9.59 Å². The molecule has 0 aromatic heterocycles. The molecule has 0 aromatic rings. The second-order valence-electron chi connectivity index (χ2n) is 4.09. The molecule has 1 atom stereocenters. The van der Waals surface area contributed by atoms with E-state index in [0.29, 0.717) is 5.75 Å². The third kappa shape index (κ3) is 10.9. The summed E-state index contributed by atoms with van der Waals surface area (Å²) >= 11 is 1.22. The lowest BCUT2D eigenvalue weighted by Crippen LogP contribution is -2.26. The standard InChI is InChI=1S/C13H20O7S/c1-9(2)13(17)20-7-10(14)6-19-12(16)8-21-5-4-11(15)18-3/h10,14H,1,4-8H2,2-3H3. The fraction of sp³-hybridized carbons (Fsp3) is 0.615. The quantitative estimate of drug-likeness (QED) is 0.266. The number of carbonyl (C=O) groups is 3. The second-order valence-corrected chi connectivity index (χ2v) is 5.20. The molecule has 0 amide bonds. The lowest BCUT2D eigenvalue weighted by atomic mass is 10.3. The Balaban J connectivity index is 3.66. The molecule has 0 fully saturated rings. The normalized spacial score (nSPS) is 11.4. The highest BCUT2D eigenvalue weighted by Crippen LogP contribution is 2.04. The Labute approximate surface area is 127 Å². The van der Waals surface area contributed by atoms with Crippen molar-refractivity contribution in [1.29, 1.82) is 0 Å². The van der Waals surface area contributed by atoms with Gasteiger partial charge in [-0.05, 0) is 6.92 Å². The van der Waals surface area contributed by atoms with Crippen LogP contribution in [-0.2, 0) is 28.6 Å². The topological polar surface area (TPSA) is 99.1 Å². The minimum atomic E-state index is -1.09. The Bertz CT molecular complexity index is 381. The van der Waals surface area contributed by atoms with Gasteiger partial charge in [0.15, 0.2) is 0 Å². The van der Waals surface area contributed by atoms with Crippen molar-refractivity contribution in [3.05, 3.63) is 12.2 Å². The third-order valence-corrected chi connectivity index (χ3v) is 3.02. The van der Waals surface area contributed by atoms with Crippen LogP contribution in [0.1, 0.15) is 13.3 Å². The van der Waals surface area contributed by atoms with Crippen LogP contribution < -0.4 is 0 Å². The number of thioether (sulfide) groups is 1. The number of rotatable bonds is 10. The summed E-state index contributed by atoms with van der Waals surface area (Å²) in [5, 5.41) is 9.45. The molecule has 0 spiro atoms. The predicted molar refractivity (Wildman–Crippen MR) is 76.7 cm³/mol. The molecule has 0 rings (SSSR count). The minimum absolute atomic E-state index is 0.0647. The molecule has 7 nitrogen and oxygen atoms in total. The summed E-state index contributed by atoms with van der Waals surface area (Å²) in [7, 11) is 1.29. The van der Waals surface area contributed by atoms with E-state index in [9.17, 15) is 19.5 Å². The number of hydrogen-bond donors (Lipinski definition) is 1. The molecule has 0 bridgehead atoms. The molecule has 0 aromatic carbocycles. The molecule has 120 valence electrons. The first kappa shape index (κ1) is 19.5. The van der Waals surface area contributed by atoms with E-state index in [-0.39, 0.29) is 36.9 Å². The van der Waals surface area contributed by atoms with Crippen LogP contribution in [0.2, 0.25) is 0 Å². The first-order valence-corrected chi connectivity index (χ1v) is 7.33. The summed E-state index contributed by atoms with van der Waals surface area (Å²) in [6, 6.07) is 0. The van der Waals surface area contributed by atoms with Crippen molar-refractivity contribution in [1.82, 2.24) is 0 Å². The summed E-state index contributed by atoms with van der Waals surface area (Å²) in [5.74, 6) is -0.963. The largest absolute Gasteiger partial charge is 0.469 e. The van der Waals surface area contributed by atoms with Gasteiger partial charge in [0.05, 0.1) is 19.3 Å². The Morgan fingerprint density at radius 3 is 2.38 bits per heavy atom. The summed E-state index contributed by atoms with van der Waals surface area (Å²) in [6.45, 7) is 4.34. The lowest BCUT2D eigenvalue weighted by molar-refractivity contribution is -0.148. The van der Waals surface area contributed by atoms with Crippen LogP contribution >= 0.6 is 11.8 Å². The minimum Gasteiger partial charge on any atom is -0.469 e. The summed E-state index contributed by atoms with van der Waals surface area (Å²) in [6.07, 6.45) is -0.870. The predicted octanol–water partition coefficient (Wildman–Crippen LogP) is 0.306. The van der Waals surface area contributed by atoms with Gasteiger partial charge in [-0.25, -0.2) is 4.79 Å². The maximum atomic E-state index is 11.3. The molecule has 1 N–H and O–H groups in total. The number of carbonyl (C=O) groups excluding carboxylic acids is 3. The van der Waals surface area contributed by atoms with Crippen molar-refractivity contribution < 1.29 is 33.7 Å². The molecule has 0 saturated carbocycles. The summed E-state index contributed by atoms with van der Waals surface area (Å²) in [4.78, 5) is 33.2. The van der Waals surface area contributed by atoms with Gasteiger partial charge in [-0.1, -0.05) is 6.58 Å². The lowest BCUT2D eigenvalue weighted by Gasteiger charge is -2.11. The average molecular weight is 320 g/mol. The van der Waals surface area contributed by atoms with E-state index >= 15 is 0 Å². The van der Waals surface area contributed by atoms with Gasteiger partial charge in [-0.15, -0.1) is 11.8 Å². The molecule has 0 aliphatic carbocycles. The molecule has 0 aliphatic rings. The monoisotopic (exact) mass is 320 g/mol. The first-order valence-electron chi connectivity index (χ1n) is 6.17. The SMILES string of the molecule is C=C(C)C(=O)OCC(O)COC(=O)CSCCC(=O)OC. The van der Waals surface area contributed by atoms with Crippen LogP contribution in [0, 0.1) is 0 Å². The van der Waals surface area contributed by atoms with Crippen molar-refractivity contribution in [3.8, 4) is 0 Å². The van der Waals surface area contributed by atoms with Crippen molar-refractivity contribution in [2.24, 2.45) is 0 Å². The van der Waals surface area contributed by atoms with Crippen LogP contribution in [0.15, 0.2) is 12.2 Å². The zero-order chi connectivity index (χ0) is 16.3. The molecular weight excluding hydrogens is 300 g/mol. The zero-order valence-corrected chi connectivity index (χ0v) is 12.9. The maximum absolute atomic E-state index is 11.3. The average Bonchev–Trinajstić information content (AvgIpc) is 2.46. The van der Waals surface area contributed by atoms with Gasteiger partial charge < -0.3 is 19.3 Å². The fourth-order valence-corrected chi connectivity index (χ4v) is 1.69. The van der Waals surface area contributed by atoms with Crippen LogP contribution in [0.3, 0.4) is 0 Å². The smallest absolute Gasteiger partial charge is 0.333 e. The van der Waals surface area contributed by atoms with Gasteiger partial charge in [-0.2, -0.15) is 0 Å². The highest BCUT2D eigenvalue weighted by molar-refractivity contribution is 7.99. The number of methoxy groups -OCH3 is 1. The molecule has 21 heavy (non-hydrogen) atoms. The third-order valence-electron chi connectivity index (χ3n) is 2.09. The van der Waals surface area contributed by atoms with E-state index in [4.69, 9.17) is 9.47 Å². The molecule has 0 heterocycles. The number of aliphatic hydroxyl groups excluding tert-OH is 1. The Morgan fingerprint density at radius 1 is 1.19 bits per heavy atom. The van der Waals surface area contributed by atoms with E-state index in [1.165, 1.54) is 25.8 Å². The van der Waals surface area contributed by atoms with E-state index in [1.807, 2.05) is 0 Å². The van der Waals surface area contributed by atoms with Gasteiger partial charge in [0.2, 0.25) is 0 Å². The van der Waals surface area contributed by atoms with Gasteiger partial charge in [0, 0.05) is 11.3 Å². The number of esters is 3. The Kier molecular flexibility index (Phi) is 10.3. The summed E-state index contributed by atoms with van der Waals surface area (Å²) < 4.78 is 13.9. The maximum Gasteiger partial charge on any atom is 0.333 e. The Morgan fingerprint density at radius 2 is 1.81 bits per heavy atom. The molecule has 0 saturated heterocycles. The molecule has 1 unspecified atom stereocenters. The van der Waals surface area contributed by atoms with E-state index in [1.54, 1.807) is 0 Å². The van der Waals surface area contributed by atoms with Gasteiger partial charge in [0.25, 0.3) is 0 Å². The highest BCUT2D eigenvalue weighted by Gasteiger charge is 2.12.